The summed E-state index contributed by atoms with van der Waals surface area (Å²) in [6.45, 7) is 1.84. The second-order valence-electron chi connectivity index (χ2n) is 6.61. The Bertz CT molecular complexity index is 1130. The fourth-order valence-electron chi connectivity index (χ4n) is 3.04. The van der Waals surface area contributed by atoms with E-state index < -0.39 is 0 Å². The average molecular weight is 347 g/mol. The molecule has 6 nitrogen and oxygen atoms in total. The molecular weight excluding hydrogens is 326 g/mol. The number of aromatic amines is 1. The minimum atomic E-state index is -0.0985. The second kappa shape index (κ2) is 6.65. The van der Waals surface area contributed by atoms with Crippen LogP contribution in [-0.4, -0.2) is 46.7 Å². The van der Waals surface area contributed by atoms with Crippen LogP contribution in [0.1, 0.15) is 0 Å². The Morgan fingerprint density at radius 2 is 1.96 bits per heavy atom. The number of H-pyrrole nitrogens is 1. The molecule has 26 heavy (non-hydrogen) atoms. The molecular formula is C20H21N5O. The molecule has 0 fully saturated rings. The van der Waals surface area contributed by atoms with E-state index in [4.69, 9.17) is 5.10 Å². The van der Waals surface area contributed by atoms with E-state index in [1.807, 2.05) is 48.5 Å². The molecule has 0 saturated carbocycles. The number of rotatable bonds is 5. The van der Waals surface area contributed by atoms with Crippen molar-refractivity contribution in [1.29, 1.82) is 0 Å². The first-order valence-corrected chi connectivity index (χ1v) is 8.62. The average Bonchev–Trinajstić information content (AvgIpc) is 3.06. The highest BCUT2D eigenvalue weighted by molar-refractivity contribution is 5.81. The van der Waals surface area contributed by atoms with Crippen molar-refractivity contribution in [1.82, 2.24) is 19.5 Å². The van der Waals surface area contributed by atoms with E-state index in [2.05, 4.69) is 35.4 Å². The highest BCUT2D eigenvalue weighted by atomic mass is 16.1. The van der Waals surface area contributed by atoms with Crippen LogP contribution in [0.2, 0.25) is 0 Å². The number of hydrogen-bond acceptors (Lipinski definition) is 4. The van der Waals surface area contributed by atoms with E-state index in [0.29, 0.717) is 11.0 Å². The smallest absolute Gasteiger partial charge is 0.259 e. The molecule has 6 heteroatoms. The standard InChI is InChI=1S/C20H21N5O/c1-24(2)11-10-21-15-7-5-6-14(12-15)17-13-19-22-20(26)16-8-3-4-9-18(16)25(19)23-17/h3-9,12-13,21H,10-11H2,1-2H3,(H,22,26). The predicted molar refractivity (Wildman–Crippen MR) is 106 cm³/mol. The molecule has 0 amide bonds. The van der Waals surface area contributed by atoms with Gasteiger partial charge in [0.05, 0.1) is 16.6 Å². The zero-order valence-corrected chi connectivity index (χ0v) is 14.9. The first-order chi connectivity index (χ1) is 12.6. The number of benzene rings is 2. The van der Waals surface area contributed by atoms with Crippen LogP contribution < -0.4 is 10.9 Å². The summed E-state index contributed by atoms with van der Waals surface area (Å²) in [5.74, 6) is 0. The summed E-state index contributed by atoms with van der Waals surface area (Å²) in [6, 6.07) is 17.6. The van der Waals surface area contributed by atoms with Crippen molar-refractivity contribution < 1.29 is 0 Å². The normalized spacial score (nSPS) is 11.5. The predicted octanol–water partition coefficient (Wildman–Crippen LogP) is 2.82. The first kappa shape index (κ1) is 16.4. The Hall–Kier alpha value is -3.12. The van der Waals surface area contributed by atoms with Crippen LogP contribution in [0.15, 0.2) is 59.4 Å². The fraction of sp³-hybridized carbons (Fsp3) is 0.200. The van der Waals surface area contributed by atoms with Gasteiger partial charge < -0.3 is 15.2 Å². The third kappa shape index (κ3) is 3.07. The van der Waals surface area contributed by atoms with Gasteiger partial charge >= 0.3 is 0 Å². The van der Waals surface area contributed by atoms with Crippen LogP contribution in [0.3, 0.4) is 0 Å². The SMILES string of the molecule is CN(C)CCNc1cccc(-c2cc3[nH]c(=O)c4ccccc4n3n2)c1. The molecule has 0 aliphatic carbocycles. The van der Waals surface area contributed by atoms with Crippen LogP contribution in [0, 0.1) is 0 Å². The van der Waals surface area contributed by atoms with Gasteiger partial charge in [0.25, 0.3) is 5.56 Å². The molecule has 2 N–H and O–H groups in total. The topological polar surface area (TPSA) is 65.4 Å². The summed E-state index contributed by atoms with van der Waals surface area (Å²) in [5.41, 5.74) is 4.28. The number of hydrogen-bond donors (Lipinski definition) is 2. The highest BCUT2D eigenvalue weighted by Crippen LogP contribution is 2.23. The van der Waals surface area contributed by atoms with Gasteiger partial charge in [-0.3, -0.25) is 4.79 Å². The van der Waals surface area contributed by atoms with Gasteiger partial charge in [-0.2, -0.15) is 5.10 Å². The van der Waals surface area contributed by atoms with E-state index in [9.17, 15) is 4.79 Å². The third-order valence-corrected chi connectivity index (χ3v) is 4.37. The molecule has 4 aromatic rings. The minimum absolute atomic E-state index is 0.0985. The van der Waals surface area contributed by atoms with Crippen molar-refractivity contribution >= 4 is 22.2 Å². The number of nitrogens with one attached hydrogen (secondary N) is 2. The molecule has 2 aromatic heterocycles. The summed E-state index contributed by atoms with van der Waals surface area (Å²) < 4.78 is 1.79. The molecule has 0 aliphatic heterocycles. The van der Waals surface area contributed by atoms with Crippen molar-refractivity contribution in [3.8, 4) is 11.3 Å². The summed E-state index contributed by atoms with van der Waals surface area (Å²) in [4.78, 5) is 17.3. The summed E-state index contributed by atoms with van der Waals surface area (Å²) >= 11 is 0. The quantitative estimate of drug-likeness (QED) is 0.583. The first-order valence-electron chi connectivity index (χ1n) is 8.62. The number of anilines is 1. The highest BCUT2D eigenvalue weighted by Gasteiger charge is 2.10. The fourth-order valence-corrected chi connectivity index (χ4v) is 3.04. The zero-order valence-electron chi connectivity index (χ0n) is 14.9. The van der Waals surface area contributed by atoms with E-state index in [1.165, 1.54) is 0 Å². The molecule has 0 atom stereocenters. The number of aromatic nitrogens is 3. The van der Waals surface area contributed by atoms with Crippen LogP contribution in [-0.2, 0) is 0 Å². The number of nitrogens with zero attached hydrogens (tertiary/aromatic N) is 3. The van der Waals surface area contributed by atoms with E-state index in [-0.39, 0.29) is 5.56 Å². The van der Waals surface area contributed by atoms with Gasteiger partial charge in [-0.15, -0.1) is 0 Å². The monoisotopic (exact) mass is 347 g/mol. The molecule has 0 unspecified atom stereocenters. The van der Waals surface area contributed by atoms with Crippen LogP contribution in [0.25, 0.3) is 27.8 Å². The van der Waals surface area contributed by atoms with Crippen molar-refractivity contribution in [3.63, 3.8) is 0 Å². The molecule has 0 spiro atoms. The lowest BCUT2D eigenvalue weighted by molar-refractivity contribution is 0.425. The molecule has 132 valence electrons. The van der Waals surface area contributed by atoms with E-state index in [0.717, 1.165) is 35.6 Å². The van der Waals surface area contributed by atoms with Gasteiger partial charge in [0.2, 0.25) is 0 Å². The molecule has 4 rings (SSSR count). The van der Waals surface area contributed by atoms with Gasteiger partial charge in [-0.1, -0.05) is 24.3 Å². The van der Waals surface area contributed by atoms with Gasteiger partial charge in [-0.05, 0) is 38.4 Å². The second-order valence-corrected chi connectivity index (χ2v) is 6.61. The largest absolute Gasteiger partial charge is 0.384 e. The minimum Gasteiger partial charge on any atom is -0.384 e. The number of likely N-dealkylation sites (N-methyl/N-ethyl adjacent to an activating group) is 1. The Balaban J connectivity index is 1.73. The van der Waals surface area contributed by atoms with Crippen molar-refractivity contribution in [2.24, 2.45) is 0 Å². The lowest BCUT2D eigenvalue weighted by Crippen LogP contribution is -2.20. The molecule has 0 bridgehead atoms. The Labute approximate surface area is 151 Å². The maximum absolute atomic E-state index is 12.3. The Morgan fingerprint density at radius 3 is 2.81 bits per heavy atom. The van der Waals surface area contributed by atoms with E-state index in [1.54, 1.807) is 4.52 Å². The summed E-state index contributed by atoms with van der Waals surface area (Å²) in [6.07, 6.45) is 0. The molecule has 2 aromatic carbocycles. The lowest BCUT2D eigenvalue weighted by atomic mass is 10.1. The maximum Gasteiger partial charge on any atom is 0.259 e. The Kier molecular flexibility index (Phi) is 4.18. The van der Waals surface area contributed by atoms with Gasteiger partial charge in [0.1, 0.15) is 5.65 Å². The van der Waals surface area contributed by atoms with Gasteiger partial charge in [0.15, 0.2) is 0 Å². The lowest BCUT2D eigenvalue weighted by Gasteiger charge is -2.11. The Morgan fingerprint density at radius 1 is 1.12 bits per heavy atom. The van der Waals surface area contributed by atoms with Crippen LogP contribution >= 0.6 is 0 Å². The summed E-state index contributed by atoms with van der Waals surface area (Å²) in [7, 11) is 4.11. The van der Waals surface area contributed by atoms with Gasteiger partial charge in [-0.25, -0.2) is 4.52 Å². The third-order valence-electron chi connectivity index (χ3n) is 4.37. The molecule has 0 aliphatic rings. The summed E-state index contributed by atoms with van der Waals surface area (Å²) in [5, 5.41) is 8.77. The van der Waals surface area contributed by atoms with Crippen LogP contribution in [0.5, 0.6) is 0 Å². The maximum atomic E-state index is 12.3. The van der Waals surface area contributed by atoms with Crippen molar-refractivity contribution in [3.05, 3.63) is 65.0 Å². The molecule has 0 saturated heterocycles. The van der Waals surface area contributed by atoms with Crippen molar-refractivity contribution in [2.75, 3.05) is 32.5 Å². The number of para-hydroxylation sites is 1. The van der Waals surface area contributed by atoms with E-state index >= 15 is 0 Å². The van der Waals surface area contributed by atoms with Crippen molar-refractivity contribution in [2.45, 2.75) is 0 Å². The van der Waals surface area contributed by atoms with Crippen LogP contribution in [0.4, 0.5) is 5.69 Å². The number of fused-ring (bicyclic) bond motifs is 3. The zero-order chi connectivity index (χ0) is 18.1. The molecule has 0 radical (unpaired) electrons. The van der Waals surface area contributed by atoms with Gasteiger partial charge in [0, 0.05) is 30.4 Å². The molecule has 2 heterocycles.